The van der Waals surface area contributed by atoms with Crippen molar-refractivity contribution >= 4 is 21.9 Å². The van der Waals surface area contributed by atoms with Crippen molar-refractivity contribution in [1.82, 2.24) is 15.3 Å². The lowest BCUT2D eigenvalue weighted by Gasteiger charge is -2.07. The molecule has 1 amide bonds. The molecule has 0 aliphatic heterocycles. The third-order valence-corrected chi connectivity index (χ3v) is 4.02. The van der Waals surface area contributed by atoms with Crippen LogP contribution in [0.3, 0.4) is 0 Å². The molecule has 0 saturated heterocycles. The Morgan fingerprint density at radius 1 is 1.16 bits per heavy atom. The van der Waals surface area contributed by atoms with Gasteiger partial charge in [0.2, 0.25) is 10.0 Å². The molecule has 25 heavy (non-hydrogen) atoms. The number of esters is 1. The van der Waals surface area contributed by atoms with E-state index in [0.29, 0.717) is 13.0 Å². The molecule has 1 heterocycles. The zero-order valence-electron chi connectivity index (χ0n) is 13.1. The van der Waals surface area contributed by atoms with Gasteiger partial charge in [-0.1, -0.05) is 12.1 Å². The minimum Gasteiger partial charge on any atom is -0.451 e. The van der Waals surface area contributed by atoms with E-state index >= 15 is 0 Å². The Kier molecular flexibility index (Phi) is 6.14. The molecule has 2 aromatic rings. The summed E-state index contributed by atoms with van der Waals surface area (Å²) in [4.78, 5) is 30.7. The molecule has 10 heteroatoms. The maximum atomic E-state index is 11.6. The second kappa shape index (κ2) is 8.31. The van der Waals surface area contributed by atoms with Gasteiger partial charge in [0, 0.05) is 18.9 Å². The topological polar surface area (TPSA) is 141 Å². The average molecular weight is 364 g/mol. The summed E-state index contributed by atoms with van der Waals surface area (Å²) in [7, 11) is -3.72. The molecule has 1 aromatic carbocycles. The molecule has 9 nitrogen and oxygen atoms in total. The zero-order chi connectivity index (χ0) is 18.3. The largest absolute Gasteiger partial charge is 0.451 e. The number of benzene rings is 1. The van der Waals surface area contributed by atoms with Gasteiger partial charge in [-0.05, 0) is 24.1 Å². The molecule has 0 aliphatic rings. The van der Waals surface area contributed by atoms with Crippen molar-refractivity contribution in [2.24, 2.45) is 5.14 Å². The van der Waals surface area contributed by atoms with Crippen LogP contribution in [-0.4, -0.2) is 43.4 Å². The number of hydrogen-bond acceptors (Lipinski definition) is 7. The number of carbonyl (C=O) groups is 2. The maximum absolute atomic E-state index is 11.6. The van der Waals surface area contributed by atoms with E-state index in [4.69, 9.17) is 9.88 Å². The fourth-order valence-corrected chi connectivity index (χ4v) is 2.37. The second-order valence-electron chi connectivity index (χ2n) is 4.96. The fourth-order valence-electron chi connectivity index (χ4n) is 1.85. The van der Waals surface area contributed by atoms with E-state index in [9.17, 15) is 18.0 Å². The first-order valence-electron chi connectivity index (χ1n) is 7.18. The number of amides is 1. The summed E-state index contributed by atoms with van der Waals surface area (Å²) in [6.07, 6.45) is 4.48. The van der Waals surface area contributed by atoms with Gasteiger partial charge in [-0.3, -0.25) is 9.78 Å². The summed E-state index contributed by atoms with van der Waals surface area (Å²) >= 11 is 0. The first kappa shape index (κ1) is 18.5. The number of aromatic nitrogens is 2. The van der Waals surface area contributed by atoms with Crippen LogP contribution in [0.2, 0.25) is 0 Å². The number of nitrogens with one attached hydrogen (secondary N) is 1. The first-order valence-corrected chi connectivity index (χ1v) is 8.72. The van der Waals surface area contributed by atoms with Crippen LogP contribution in [0.15, 0.2) is 47.8 Å². The molecule has 0 bridgehead atoms. The van der Waals surface area contributed by atoms with Crippen LogP contribution in [0.1, 0.15) is 16.1 Å². The van der Waals surface area contributed by atoms with E-state index in [-0.39, 0.29) is 10.6 Å². The quantitative estimate of drug-likeness (QED) is 0.639. The van der Waals surface area contributed by atoms with Crippen molar-refractivity contribution in [3.05, 3.63) is 54.1 Å². The van der Waals surface area contributed by atoms with Gasteiger partial charge in [0.05, 0.1) is 11.1 Å². The molecule has 0 atom stereocenters. The highest BCUT2D eigenvalue weighted by Crippen LogP contribution is 2.08. The molecular weight excluding hydrogens is 348 g/mol. The number of hydrogen-bond donors (Lipinski definition) is 2. The zero-order valence-corrected chi connectivity index (χ0v) is 13.9. The standard InChI is InChI=1S/C15H16N4O5S/c16-25(22,23)12-3-1-11(2-4-12)5-6-19-14(20)10-24-15(21)13-9-17-7-8-18-13/h1-4,7-9H,5-6,10H2,(H,19,20)(H2,16,22,23). The lowest BCUT2D eigenvalue weighted by atomic mass is 10.1. The minimum absolute atomic E-state index is 0.0187. The van der Waals surface area contributed by atoms with E-state index in [1.54, 1.807) is 12.1 Å². The van der Waals surface area contributed by atoms with Gasteiger partial charge in [-0.2, -0.15) is 0 Å². The number of carbonyl (C=O) groups excluding carboxylic acids is 2. The molecule has 0 fully saturated rings. The monoisotopic (exact) mass is 364 g/mol. The predicted octanol–water partition coefficient (Wildman–Crippen LogP) is -0.360. The van der Waals surface area contributed by atoms with Crippen LogP contribution in [0.25, 0.3) is 0 Å². The molecule has 3 N–H and O–H groups in total. The molecular formula is C15H16N4O5S. The number of primary sulfonamides is 1. The number of rotatable bonds is 7. The first-order chi connectivity index (χ1) is 11.9. The SMILES string of the molecule is NS(=O)(=O)c1ccc(CCNC(=O)COC(=O)c2cnccn2)cc1. The average Bonchev–Trinajstić information content (AvgIpc) is 2.60. The Balaban J connectivity index is 1.73. The van der Waals surface area contributed by atoms with Gasteiger partial charge < -0.3 is 10.1 Å². The molecule has 0 unspecified atom stereocenters. The van der Waals surface area contributed by atoms with Crippen molar-refractivity contribution < 1.29 is 22.7 Å². The summed E-state index contributed by atoms with van der Waals surface area (Å²) in [5.74, 6) is -1.19. The van der Waals surface area contributed by atoms with E-state index < -0.39 is 28.5 Å². The molecule has 0 spiro atoms. The van der Waals surface area contributed by atoms with Gasteiger partial charge in [0.25, 0.3) is 5.91 Å². The molecule has 132 valence electrons. The Bertz CT molecular complexity index is 838. The van der Waals surface area contributed by atoms with Crippen LogP contribution in [0, 0.1) is 0 Å². The summed E-state index contributed by atoms with van der Waals surface area (Å²) in [6.45, 7) is -0.129. The summed E-state index contributed by atoms with van der Waals surface area (Å²) in [6, 6.07) is 6.02. The molecule has 0 aliphatic carbocycles. The third kappa shape index (κ3) is 5.94. The number of nitrogens with zero attached hydrogens (tertiary/aromatic N) is 2. The minimum atomic E-state index is -3.72. The van der Waals surface area contributed by atoms with Gasteiger partial charge in [0.15, 0.2) is 12.3 Å². The normalized spacial score (nSPS) is 10.9. The summed E-state index contributed by atoms with van der Waals surface area (Å²) in [5, 5.41) is 7.60. The molecule has 0 radical (unpaired) electrons. The Morgan fingerprint density at radius 3 is 2.48 bits per heavy atom. The summed E-state index contributed by atoms with van der Waals surface area (Å²) < 4.78 is 27.1. The van der Waals surface area contributed by atoms with Crippen LogP contribution in [0.4, 0.5) is 0 Å². The van der Waals surface area contributed by atoms with Crippen molar-refractivity contribution in [1.29, 1.82) is 0 Å². The number of nitrogens with two attached hydrogens (primary N) is 1. The van der Waals surface area contributed by atoms with Crippen molar-refractivity contribution in [3.63, 3.8) is 0 Å². The van der Waals surface area contributed by atoms with Crippen molar-refractivity contribution in [2.45, 2.75) is 11.3 Å². The maximum Gasteiger partial charge on any atom is 0.359 e. The van der Waals surface area contributed by atoms with Gasteiger partial charge >= 0.3 is 5.97 Å². The Labute approximate surface area is 144 Å². The number of sulfonamides is 1. The highest BCUT2D eigenvalue weighted by atomic mass is 32.2. The highest BCUT2D eigenvalue weighted by Gasteiger charge is 2.11. The van der Waals surface area contributed by atoms with E-state index in [0.717, 1.165) is 5.56 Å². The van der Waals surface area contributed by atoms with Gasteiger partial charge in [0.1, 0.15) is 0 Å². The van der Waals surface area contributed by atoms with Crippen LogP contribution >= 0.6 is 0 Å². The van der Waals surface area contributed by atoms with Gasteiger partial charge in [-0.15, -0.1) is 0 Å². The lowest BCUT2D eigenvalue weighted by Crippen LogP contribution is -2.30. The fraction of sp³-hybridized carbons (Fsp3) is 0.200. The smallest absolute Gasteiger partial charge is 0.359 e. The van der Waals surface area contributed by atoms with E-state index in [1.165, 1.54) is 30.7 Å². The Hall–Kier alpha value is -2.85. The van der Waals surface area contributed by atoms with Crippen LogP contribution < -0.4 is 10.5 Å². The molecule has 2 rings (SSSR count). The second-order valence-corrected chi connectivity index (χ2v) is 6.52. The van der Waals surface area contributed by atoms with Gasteiger partial charge in [-0.25, -0.2) is 23.3 Å². The number of ether oxygens (including phenoxy) is 1. The summed E-state index contributed by atoms with van der Waals surface area (Å²) in [5.41, 5.74) is 0.842. The van der Waals surface area contributed by atoms with Crippen molar-refractivity contribution in [3.8, 4) is 0 Å². The van der Waals surface area contributed by atoms with Crippen molar-refractivity contribution in [2.75, 3.05) is 13.2 Å². The van der Waals surface area contributed by atoms with E-state index in [1.807, 2.05) is 0 Å². The Morgan fingerprint density at radius 2 is 1.88 bits per heavy atom. The molecule has 1 aromatic heterocycles. The lowest BCUT2D eigenvalue weighted by molar-refractivity contribution is -0.124. The molecule has 0 saturated carbocycles. The predicted molar refractivity (Wildman–Crippen MR) is 86.8 cm³/mol. The third-order valence-electron chi connectivity index (χ3n) is 3.09. The van der Waals surface area contributed by atoms with Crippen LogP contribution in [-0.2, 0) is 26.0 Å². The highest BCUT2D eigenvalue weighted by molar-refractivity contribution is 7.89. The van der Waals surface area contributed by atoms with E-state index in [2.05, 4.69) is 15.3 Å². The van der Waals surface area contributed by atoms with Crippen LogP contribution in [0.5, 0.6) is 0 Å².